The largest absolute Gasteiger partial charge is 0.493 e. The van der Waals surface area contributed by atoms with Crippen LogP contribution >= 0.6 is 34.7 Å². The minimum atomic E-state index is -0.124. The molecule has 0 fully saturated rings. The second-order valence-electron chi connectivity index (χ2n) is 9.39. The van der Waals surface area contributed by atoms with Crippen LogP contribution in [-0.4, -0.2) is 63.4 Å². The van der Waals surface area contributed by atoms with E-state index in [1.807, 2.05) is 60.0 Å². The molecule has 0 spiro atoms. The highest BCUT2D eigenvalue weighted by molar-refractivity contribution is 7.98. The van der Waals surface area contributed by atoms with Gasteiger partial charge in [0.05, 0.1) is 25.7 Å². The van der Waals surface area contributed by atoms with E-state index in [0.717, 1.165) is 27.4 Å². The van der Waals surface area contributed by atoms with Gasteiger partial charge in [-0.3, -0.25) is 14.3 Å². The average molecular weight is 621 g/mol. The summed E-state index contributed by atoms with van der Waals surface area (Å²) in [5.41, 5.74) is 4.30. The molecule has 0 N–H and O–H groups in total. The molecule has 5 aromatic rings. The molecular formula is C30H29ClN6O3S2. The molecule has 5 rings (SSSR count). The van der Waals surface area contributed by atoms with Gasteiger partial charge in [-0.25, -0.2) is 4.98 Å². The van der Waals surface area contributed by atoms with Crippen LogP contribution in [0.25, 0.3) is 17.1 Å². The first-order valence-corrected chi connectivity index (χ1v) is 15.3. The Morgan fingerprint density at radius 3 is 2.60 bits per heavy atom. The maximum absolute atomic E-state index is 13.1. The van der Waals surface area contributed by atoms with Crippen LogP contribution in [0.2, 0.25) is 5.02 Å². The second-order valence-corrected chi connectivity index (χ2v) is 11.7. The molecule has 0 radical (unpaired) electrons. The molecule has 0 saturated carbocycles. The Bertz CT molecular complexity index is 1690. The molecule has 1 amide bonds. The van der Waals surface area contributed by atoms with Crippen molar-refractivity contribution in [2.24, 2.45) is 0 Å². The monoisotopic (exact) mass is 620 g/mol. The van der Waals surface area contributed by atoms with Crippen LogP contribution in [0.5, 0.6) is 11.5 Å². The van der Waals surface area contributed by atoms with Gasteiger partial charge in [-0.1, -0.05) is 35.5 Å². The van der Waals surface area contributed by atoms with Crippen molar-refractivity contribution in [1.29, 1.82) is 0 Å². The lowest BCUT2D eigenvalue weighted by Crippen LogP contribution is -2.29. The number of pyridine rings is 1. The lowest BCUT2D eigenvalue weighted by atomic mass is 10.1. The predicted octanol–water partition coefficient (Wildman–Crippen LogP) is 6.37. The molecule has 0 saturated heterocycles. The van der Waals surface area contributed by atoms with Crippen molar-refractivity contribution in [3.05, 3.63) is 93.2 Å². The van der Waals surface area contributed by atoms with E-state index in [1.54, 1.807) is 43.9 Å². The number of halogens is 1. The Balaban J connectivity index is 1.29. The molecule has 2 aromatic carbocycles. The summed E-state index contributed by atoms with van der Waals surface area (Å²) in [6.07, 6.45) is 4.13. The molecule has 0 unspecified atom stereocenters. The molecule has 3 aromatic heterocycles. The van der Waals surface area contributed by atoms with Crippen molar-refractivity contribution in [2.75, 3.05) is 27.8 Å². The van der Waals surface area contributed by atoms with E-state index >= 15 is 0 Å². The summed E-state index contributed by atoms with van der Waals surface area (Å²) in [5, 5.41) is 12.9. The van der Waals surface area contributed by atoms with Crippen LogP contribution in [0.4, 0.5) is 0 Å². The number of rotatable bonds is 11. The zero-order chi connectivity index (χ0) is 29.6. The number of amides is 1. The molecule has 0 atom stereocenters. The number of hydrogen-bond donors (Lipinski definition) is 0. The normalized spacial score (nSPS) is 11.0. The zero-order valence-corrected chi connectivity index (χ0v) is 26.0. The Morgan fingerprint density at radius 2 is 1.83 bits per heavy atom. The molecular weight excluding hydrogens is 592 g/mol. The minimum absolute atomic E-state index is 0.124. The molecule has 0 aliphatic heterocycles. The molecule has 42 heavy (non-hydrogen) atoms. The van der Waals surface area contributed by atoms with Crippen LogP contribution in [0, 0.1) is 6.92 Å². The van der Waals surface area contributed by atoms with Gasteiger partial charge in [0.2, 0.25) is 0 Å². The van der Waals surface area contributed by atoms with E-state index < -0.39 is 0 Å². The van der Waals surface area contributed by atoms with Crippen molar-refractivity contribution < 1.29 is 14.3 Å². The van der Waals surface area contributed by atoms with Gasteiger partial charge in [-0.15, -0.1) is 21.5 Å². The molecule has 0 aliphatic rings. The van der Waals surface area contributed by atoms with Crippen LogP contribution in [0.1, 0.15) is 26.6 Å². The van der Waals surface area contributed by atoms with Crippen LogP contribution < -0.4 is 9.47 Å². The molecule has 0 aliphatic carbocycles. The third kappa shape index (κ3) is 6.59. The van der Waals surface area contributed by atoms with Gasteiger partial charge in [-0.05, 0) is 60.9 Å². The van der Waals surface area contributed by atoms with Gasteiger partial charge in [0.1, 0.15) is 10.7 Å². The number of carbonyl (C=O) groups excluding carboxylic acids is 1. The topological polar surface area (TPSA) is 95.3 Å². The van der Waals surface area contributed by atoms with Crippen molar-refractivity contribution >= 4 is 40.6 Å². The average Bonchev–Trinajstić information content (AvgIpc) is 3.67. The van der Waals surface area contributed by atoms with Gasteiger partial charge in [0.15, 0.2) is 22.5 Å². The maximum atomic E-state index is 13.1. The summed E-state index contributed by atoms with van der Waals surface area (Å²) in [7, 11) is 5.00. The lowest BCUT2D eigenvalue weighted by molar-refractivity contribution is 0.0791. The van der Waals surface area contributed by atoms with Crippen molar-refractivity contribution in [3.63, 3.8) is 0 Å². The van der Waals surface area contributed by atoms with Gasteiger partial charge in [-0.2, -0.15) is 0 Å². The van der Waals surface area contributed by atoms with E-state index in [0.29, 0.717) is 51.9 Å². The first-order valence-electron chi connectivity index (χ1n) is 13.0. The standard InChI is InChI=1S/C30H29ClN6O3S2/c1-19-5-7-22(31)16-24(19)37-28(21-9-12-32-13-10-21)34-35-30(37)42-18-27-33-23(17-41-27)29(38)36(2)14-11-20-6-8-25(39-3)26(15-20)40-4/h5-10,12-13,15-17H,11,14,18H2,1-4H3. The molecule has 3 heterocycles. The number of methoxy groups -OCH3 is 2. The number of aryl methyl sites for hydroxylation is 1. The summed E-state index contributed by atoms with van der Waals surface area (Å²) < 4.78 is 12.7. The van der Waals surface area contributed by atoms with E-state index in [-0.39, 0.29) is 5.91 Å². The molecule has 0 bridgehead atoms. The second kappa shape index (κ2) is 13.4. The number of likely N-dealkylation sites (N-methyl/N-ethyl adjacent to an activating group) is 1. The number of ether oxygens (including phenoxy) is 2. The minimum Gasteiger partial charge on any atom is -0.493 e. The summed E-state index contributed by atoms with van der Waals surface area (Å²) in [6.45, 7) is 2.56. The van der Waals surface area contributed by atoms with Crippen LogP contribution in [0.15, 0.2) is 71.5 Å². The molecule has 9 nitrogen and oxygen atoms in total. The van der Waals surface area contributed by atoms with E-state index in [9.17, 15) is 4.79 Å². The molecule has 12 heteroatoms. The first kappa shape index (κ1) is 29.6. The van der Waals surface area contributed by atoms with Crippen LogP contribution in [-0.2, 0) is 12.2 Å². The number of benzene rings is 2. The number of nitrogens with zero attached hydrogens (tertiary/aromatic N) is 6. The van der Waals surface area contributed by atoms with Gasteiger partial charge >= 0.3 is 0 Å². The highest BCUT2D eigenvalue weighted by atomic mass is 35.5. The highest BCUT2D eigenvalue weighted by Gasteiger charge is 2.20. The third-order valence-electron chi connectivity index (χ3n) is 6.61. The Morgan fingerprint density at radius 1 is 1.05 bits per heavy atom. The Labute approximate surface area is 257 Å². The first-order chi connectivity index (χ1) is 20.4. The van der Waals surface area contributed by atoms with E-state index in [4.69, 9.17) is 21.1 Å². The predicted molar refractivity (Wildman–Crippen MR) is 166 cm³/mol. The quantitative estimate of drug-likeness (QED) is 0.157. The smallest absolute Gasteiger partial charge is 0.273 e. The van der Waals surface area contributed by atoms with E-state index in [1.165, 1.54) is 23.1 Å². The third-order valence-corrected chi connectivity index (χ3v) is 8.82. The fraction of sp³-hybridized carbons (Fsp3) is 0.233. The van der Waals surface area contributed by atoms with Crippen molar-refractivity contribution in [1.82, 2.24) is 29.6 Å². The number of carbonyl (C=O) groups is 1. The van der Waals surface area contributed by atoms with Gasteiger partial charge in [0, 0.05) is 42.0 Å². The Hall–Kier alpha value is -3.93. The summed E-state index contributed by atoms with van der Waals surface area (Å²) in [6, 6.07) is 15.3. The zero-order valence-electron chi connectivity index (χ0n) is 23.6. The van der Waals surface area contributed by atoms with Crippen LogP contribution in [0.3, 0.4) is 0 Å². The Kier molecular flexibility index (Phi) is 9.41. The van der Waals surface area contributed by atoms with Crippen molar-refractivity contribution in [3.8, 4) is 28.6 Å². The maximum Gasteiger partial charge on any atom is 0.273 e. The van der Waals surface area contributed by atoms with Gasteiger partial charge in [0.25, 0.3) is 5.91 Å². The summed E-state index contributed by atoms with van der Waals surface area (Å²) in [5.74, 6) is 2.44. The summed E-state index contributed by atoms with van der Waals surface area (Å²) in [4.78, 5) is 23.6. The van der Waals surface area contributed by atoms with Crippen molar-refractivity contribution in [2.45, 2.75) is 24.3 Å². The van der Waals surface area contributed by atoms with E-state index in [2.05, 4.69) is 20.2 Å². The fourth-order valence-corrected chi connectivity index (χ4v) is 6.22. The lowest BCUT2D eigenvalue weighted by Gasteiger charge is -2.16. The fourth-order valence-electron chi connectivity index (χ4n) is 4.32. The van der Waals surface area contributed by atoms with Gasteiger partial charge < -0.3 is 14.4 Å². The number of hydrogen-bond acceptors (Lipinski definition) is 9. The number of thiazole rings is 1. The molecule has 216 valence electrons. The number of aromatic nitrogens is 5. The summed E-state index contributed by atoms with van der Waals surface area (Å²) >= 11 is 9.33. The SMILES string of the molecule is COc1ccc(CCN(C)C(=O)c2csc(CSc3nnc(-c4ccncc4)n3-c3cc(Cl)ccc3C)n2)cc1OC. The highest BCUT2D eigenvalue weighted by Crippen LogP contribution is 2.33. The number of thioether (sulfide) groups is 1.